The molecule has 1 amide bonds. The number of likely N-dealkylation sites (tertiary alicyclic amines) is 1. The van der Waals surface area contributed by atoms with Crippen LogP contribution < -0.4 is 5.32 Å². The smallest absolute Gasteiger partial charge is 0.254 e. The predicted molar refractivity (Wildman–Crippen MR) is 69.7 cm³/mol. The summed E-state index contributed by atoms with van der Waals surface area (Å²) >= 11 is 0. The first-order chi connectivity index (χ1) is 8.63. The highest BCUT2D eigenvalue weighted by molar-refractivity contribution is 5.95. The molecule has 5 heteroatoms. The van der Waals surface area contributed by atoms with E-state index in [1.54, 1.807) is 18.0 Å². The molecule has 2 N–H and O–H groups in total. The van der Waals surface area contributed by atoms with Gasteiger partial charge in [-0.15, -0.1) is 0 Å². The minimum atomic E-state index is -0.384. The molecule has 98 valence electrons. The fourth-order valence-corrected chi connectivity index (χ4v) is 2.13. The summed E-state index contributed by atoms with van der Waals surface area (Å²) in [5, 5.41) is 12.4. The SMILES string of the molecule is CCc1cc(C(=O)N2CCC(O)C2)cc(NC)n1. The molecule has 1 aliphatic rings. The lowest BCUT2D eigenvalue weighted by Gasteiger charge is -2.16. The summed E-state index contributed by atoms with van der Waals surface area (Å²) in [7, 11) is 1.79. The number of aliphatic hydroxyl groups excluding tert-OH is 1. The van der Waals surface area contributed by atoms with Gasteiger partial charge in [0, 0.05) is 31.4 Å². The molecule has 0 bridgehead atoms. The Hall–Kier alpha value is -1.62. The van der Waals surface area contributed by atoms with Crippen LogP contribution in [0.2, 0.25) is 0 Å². The number of aromatic nitrogens is 1. The molecule has 0 spiro atoms. The van der Waals surface area contributed by atoms with Crippen LogP contribution >= 0.6 is 0 Å². The Morgan fingerprint density at radius 3 is 2.94 bits per heavy atom. The molecule has 18 heavy (non-hydrogen) atoms. The summed E-state index contributed by atoms with van der Waals surface area (Å²) in [6.45, 7) is 3.06. The molecular weight excluding hydrogens is 230 g/mol. The molecule has 5 nitrogen and oxygen atoms in total. The largest absolute Gasteiger partial charge is 0.391 e. The predicted octanol–water partition coefficient (Wildman–Crippen LogP) is 0.892. The Kier molecular flexibility index (Phi) is 3.81. The first kappa shape index (κ1) is 12.8. The van der Waals surface area contributed by atoms with Crippen LogP contribution in [0.1, 0.15) is 29.4 Å². The van der Waals surface area contributed by atoms with Crippen molar-refractivity contribution in [2.75, 3.05) is 25.5 Å². The number of aliphatic hydroxyl groups is 1. The molecule has 1 aromatic rings. The summed E-state index contributed by atoms with van der Waals surface area (Å²) < 4.78 is 0. The highest BCUT2D eigenvalue weighted by atomic mass is 16.3. The maximum atomic E-state index is 12.3. The average molecular weight is 249 g/mol. The van der Waals surface area contributed by atoms with Crippen molar-refractivity contribution in [2.24, 2.45) is 0 Å². The lowest BCUT2D eigenvalue weighted by atomic mass is 10.1. The van der Waals surface area contributed by atoms with Crippen molar-refractivity contribution in [2.45, 2.75) is 25.9 Å². The standard InChI is InChI=1S/C13H19N3O2/c1-3-10-6-9(7-12(14-2)15-10)13(18)16-5-4-11(17)8-16/h6-7,11,17H,3-5,8H2,1-2H3,(H,14,15). The molecule has 0 aliphatic carbocycles. The third kappa shape index (κ3) is 2.61. The van der Waals surface area contributed by atoms with E-state index in [0.717, 1.165) is 12.1 Å². The zero-order valence-corrected chi connectivity index (χ0v) is 10.8. The summed E-state index contributed by atoms with van der Waals surface area (Å²) in [5.74, 6) is 0.678. The quantitative estimate of drug-likeness (QED) is 0.835. The molecule has 2 heterocycles. The lowest BCUT2D eigenvalue weighted by molar-refractivity contribution is 0.0765. The normalized spacial score (nSPS) is 19.1. The second kappa shape index (κ2) is 5.35. The van der Waals surface area contributed by atoms with Crippen LogP contribution in [0, 0.1) is 0 Å². The van der Waals surface area contributed by atoms with E-state index in [-0.39, 0.29) is 12.0 Å². The molecule has 1 fully saturated rings. The van der Waals surface area contributed by atoms with Crippen LogP contribution in [0.3, 0.4) is 0 Å². The maximum Gasteiger partial charge on any atom is 0.254 e. The van der Waals surface area contributed by atoms with Crippen LogP contribution in [0.4, 0.5) is 5.82 Å². The van der Waals surface area contributed by atoms with Gasteiger partial charge in [-0.25, -0.2) is 4.98 Å². The third-order valence-electron chi connectivity index (χ3n) is 3.19. The molecule has 1 saturated heterocycles. The number of nitrogens with one attached hydrogen (secondary N) is 1. The lowest BCUT2D eigenvalue weighted by Crippen LogP contribution is -2.29. The average Bonchev–Trinajstić information content (AvgIpc) is 2.83. The van der Waals surface area contributed by atoms with Gasteiger partial charge >= 0.3 is 0 Å². The third-order valence-corrected chi connectivity index (χ3v) is 3.19. The molecule has 0 aromatic carbocycles. The number of β-amino-alcohol motifs (C(OH)–C–C–N with tert-alkyl or cyclic N) is 1. The van der Waals surface area contributed by atoms with E-state index in [1.165, 1.54) is 0 Å². The van der Waals surface area contributed by atoms with E-state index in [4.69, 9.17) is 0 Å². The number of carbonyl (C=O) groups excluding carboxylic acids is 1. The van der Waals surface area contributed by atoms with Gasteiger partial charge in [-0.2, -0.15) is 0 Å². The van der Waals surface area contributed by atoms with Gasteiger partial charge < -0.3 is 15.3 Å². The Bertz CT molecular complexity index is 426. The van der Waals surface area contributed by atoms with Gasteiger partial charge in [0.2, 0.25) is 0 Å². The summed E-state index contributed by atoms with van der Waals surface area (Å²) in [5.41, 5.74) is 1.53. The van der Waals surface area contributed by atoms with Crippen molar-refractivity contribution in [3.8, 4) is 0 Å². The molecule has 2 rings (SSSR count). The minimum absolute atomic E-state index is 0.0276. The van der Waals surface area contributed by atoms with Gasteiger partial charge in [-0.1, -0.05) is 6.92 Å². The van der Waals surface area contributed by atoms with Gasteiger partial charge in [0.15, 0.2) is 0 Å². The maximum absolute atomic E-state index is 12.3. The number of amides is 1. The molecule has 1 atom stereocenters. The van der Waals surface area contributed by atoms with E-state index >= 15 is 0 Å². The van der Waals surface area contributed by atoms with Gasteiger partial charge in [0.25, 0.3) is 5.91 Å². The number of hydrogen-bond donors (Lipinski definition) is 2. The van der Waals surface area contributed by atoms with E-state index in [0.29, 0.717) is 30.9 Å². The molecule has 1 unspecified atom stereocenters. The van der Waals surface area contributed by atoms with Gasteiger partial charge in [0.1, 0.15) is 5.82 Å². The fourth-order valence-electron chi connectivity index (χ4n) is 2.13. The number of rotatable bonds is 3. The first-order valence-corrected chi connectivity index (χ1v) is 6.30. The summed E-state index contributed by atoms with van der Waals surface area (Å²) in [6, 6.07) is 3.58. The Balaban J connectivity index is 2.24. The highest BCUT2D eigenvalue weighted by Gasteiger charge is 2.25. The fraction of sp³-hybridized carbons (Fsp3) is 0.538. The van der Waals surface area contributed by atoms with Crippen molar-refractivity contribution < 1.29 is 9.90 Å². The number of carbonyl (C=O) groups is 1. The van der Waals surface area contributed by atoms with Gasteiger partial charge in [-0.05, 0) is 25.0 Å². The van der Waals surface area contributed by atoms with Crippen molar-refractivity contribution in [3.05, 3.63) is 23.4 Å². The molecule has 1 aliphatic heterocycles. The van der Waals surface area contributed by atoms with Crippen molar-refractivity contribution >= 4 is 11.7 Å². The van der Waals surface area contributed by atoms with Crippen molar-refractivity contribution in [1.29, 1.82) is 0 Å². The number of nitrogens with zero attached hydrogens (tertiary/aromatic N) is 2. The van der Waals surface area contributed by atoms with Crippen molar-refractivity contribution in [1.82, 2.24) is 9.88 Å². The molecular formula is C13H19N3O2. The zero-order valence-electron chi connectivity index (χ0n) is 10.8. The Labute approximate surface area is 107 Å². The number of aryl methyl sites for hydroxylation is 1. The van der Waals surface area contributed by atoms with Crippen LogP contribution in [0.5, 0.6) is 0 Å². The topological polar surface area (TPSA) is 65.5 Å². The second-order valence-electron chi connectivity index (χ2n) is 4.53. The summed E-state index contributed by atoms with van der Waals surface area (Å²) in [4.78, 5) is 18.3. The Morgan fingerprint density at radius 2 is 2.39 bits per heavy atom. The van der Waals surface area contributed by atoms with E-state index in [1.807, 2.05) is 13.0 Å². The van der Waals surface area contributed by atoms with Crippen LogP contribution in [0.15, 0.2) is 12.1 Å². The van der Waals surface area contributed by atoms with Crippen molar-refractivity contribution in [3.63, 3.8) is 0 Å². The van der Waals surface area contributed by atoms with Gasteiger partial charge in [-0.3, -0.25) is 4.79 Å². The second-order valence-corrected chi connectivity index (χ2v) is 4.53. The van der Waals surface area contributed by atoms with Crippen LogP contribution in [-0.4, -0.2) is 47.1 Å². The molecule has 0 radical (unpaired) electrons. The first-order valence-electron chi connectivity index (χ1n) is 6.30. The highest BCUT2D eigenvalue weighted by Crippen LogP contribution is 2.17. The number of pyridine rings is 1. The molecule has 0 saturated carbocycles. The zero-order chi connectivity index (χ0) is 13.1. The van der Waals surface area contributed by atoms with Crippen LogP contribution in [0.25, 0.3) is 0 Å². The van der Waals surface area contributed by atoms with E-state index in [9.17, 15) is 9.90 Å². The molecule has 1 aromatic heterocycles. The number of anilines is 1. The number of hydrogen-bond acceptors (Lipinski definition) is 4. The monoisotopic (exact) mass is 249 g/mol. The minimum Gasteiger partial charge on any atom is -0.391 e. The van der Waals surface area contributed by atoms with Gasteiger partial charge in [0.05, 0.1) is 6.10 Å². The van der Waals surface area contributed by atoms with Crippen LogP contribution in [-0.2, 0) is 6.42 Å². The summed E-state index contributed by atoms with van der Waals surface area (Å²) in [6.07, 6.45) is 1.07. The van der Waals surface area contributed by atoms with E-state index in [2.05, 4.69) is 10.3 Å². The Morgan fingerprint density at radius 1 is 1.61 bits per heavy atom. The van der Waals surface area contributed by atoms with E-state index < -0.39 is 0 Å².